The van der Waals surface area contributed by atoms with Crippen LogP contribution in [0.1, 0.15) is 40.5 Å². The normalized spacial score (nSPS) is 13.5. The zero-order chi connectivity index (χ0) is 26.1. The molecule has 0 spiro atoms. The topological polar surface area (TPSA) is 72.8 Å². The van der Waals surface area contributed by atoms with E-state index in [0.29, 0.717) is 0 Å². The molecule has 4 rings (SSSR count). The van der Waals surface area contributed by atoms with Crippen molar-refractivity contribution in [2.75, 3.05) is 0 Å². The van der Waals surface area contributed by atoms with E-state index in [1.54, 1.807) is 24.3 Å². The van der Waals surface area contributed by atoms with E-state index in [4.69, 9.17) is 4.74 Å². The van der Waals surface area contributed by atoms with E-state index in [-0.39, 0.29) is 29.7 Å². The molecular weight excluding hydrogens is 482 g/mol. The summed E-state index contributed by atoms with van der Waals surface area (Å²) in [5, 5.41) is 0. The molecule has 0 N–H and O–H groups in total. The number of hydrogen-bond acceptors (Lipinski definition) is 4. The fourth-order valence-electron chi connectivity index (χ4n) is 4.26. The molecule has 0 bridgehead atoms. The van der Waals surface area contributed by atoms with Crippen molar-refractivity contribution in [3.63, 3.8) is 0 Å². The second-order valence-electron chi connectivity index (χ2n) is 8.80. The maximum Gasteiger partial charge on any atom is 0.285 e. The number of nitrogens with zero attached hydrogens (tertiary/aromatic N) is 1. The summed E-state index contributed by atoms with van der Waals surface area (Å²) >= 11 is 0. The van der Waals surface area contributed by atoms with E-state index in [0.717, 1.165) is 28.5 Å². The van der Waals surface area contributed by atoms with E-state index >= 15 is 0 Å². The SMILES string of the molecule is Cc1ccc(S(=O)(=O)/N=C(\OCc2ccccc2)C(c2ccccc2)C(CC=O)c2ccccc2)cc1. The summed E-state index contributed by atoms with van der Waals surface area (Å²) in [4.78, 5) is 11.9. The largest absolute Gasteiger partial charge is 0.475 e. The molecule has 37 heavy (non-hydrogen) atoms. The summed E-state index contributed by atoms with van der Waals surface area (Å²) in [7, 11) is -4.09. The van der Waals surface area contributed by atoms with Crippen LogP contribution in [0.3, 0.4) is 0 Å². The molecule has 0 aliphatic rings. The van der Waals surface area contributed by atoms with Crippen LogP contribution in [0.15, 0.2) is 125 Å². The summed E-state index contributed by atoms with van der Waals surface area (Å²) in [5.74, 6) is -0.951. The quantitative estimate of drug-likeness (QED) is 0.139. The number of benzene rings is 4. The monoisotopic (exact) mass is 511 g/mol. The van der Waals surface area contributed by atoms with E-state index < -0.39 is 15.9 Å². The molecule has 0 saturated heterocycles. The van der Waals surface area contributed by atoms with Crippen LogP contribution in [0.5, 0.6) is 0 Å². The van der Waals surface area contributed by atoms with Crippen LogP contribution in [-0.4, -0.2) is 20.6 Å². The van der Waals surface area contributed by atoms with Crippen molar-refractivity contribution in [1.29, 1.82) is 0 Å². The van der Waals surface area contributed by atoms with Gasteiger partial charge in [0.15, 0.2) is 0 Å². The Hall–Kier alpha value is -4.03. The minimum Gasteiger partial charge on any atom is -0.475 e. The number of sulfonamides is 1. The number of carbonyl (C=O) groups excluding carboxylic acids is 1. The first-order valence-electron chi connectivity index (χ1n) is 12.1. The fraction of sp³-hybridized carbons (Fsp3) is 0.161. The van der Waals surface area contributed by atoms with Crippen molar-refractivity contribution in [2.24, 2.45) is 4.40 Å². The minimum absolute atomic E-state index is 0.0475. The smallest absolute Gasteiger partial charge is 0.285 e. The maximum absolute atomic E-state index is 13.5. The van der Waals surface area contributed by atoms with Crippen LogP contribution in [-0.2, 0) is 26.2 Å². The molecule has 6 heteroatoms. The standard InChI is InChI=1S/C31H29NO4S/c1-24-17-19-28(20-18-24)37(34,35)32-31(36-23-25-11-5-2-6-12-25)30(27-15-9-4-10-16-27)29(21-22-33)26-13-7-3-8-14-26/h2-20,22,29-30H,21,23H2,1H3/b32-31-. The Bertz CT molecular complexity index is 1420. The predicted molar refractivity (Wildman–Crippen MR) is 146 cm³/mol. The molecule has 188 valence electrons. The molecule has 4 aromatic carbocycles. The van der Waals surface area contributed by atoms with Crippen molar-refractivity contribution >= 4 is 22.2 Å². The van der Waals surface area contributed by atoms with Gasteiger partial charge in [0.1, 0.15) is 12.9 Å². The van der Waals surface area contributed by atoms with Gasteiger partial charge in [0.2, 0.25) is 5.90 Å². The molecule has 2 unspecified atom stereocenters. The molecule has 0 saturated carbocycles. The third kappa shape index (κ3) is 6.80. The molecule has 5 nitrogen and oxygen atoms in total. The predicted octanol–water partition coefficient (Wildman–Crippen LogP) is 6.46. The summed E-state index contributed by atoms with van der Waals surface area (Å²) in [5.41, 5.74) is 3.53. The van der Waals surface area contributed by atoms with Gasteiger partial charge in [-0.25, -0.2) is 0 Å². The van der Waals surface area contributed by atoms with Gasteiger partial charge in [-0.3, -0.25) is 0 Å². The van der Waals surface area contributed by atoms with Gasteiger partial charge in [0.25, 0.3) is 10.0 Å². The Morgan fingerprint density at radius 2 is 1.32 bits per heavy atom. The third-order valence-corrected chi connectivity index (χ3v) is 7.45. The molecule has 0 aliphatic heterocycles. The number of carbonyl (C=O) groups is 1. The second kappa shape index (κ2) is 12.3. The summed E-state index contributed by atoms with van der Waals surface area (Å²) in [6, 6.07) is 35.1. The van der Waals surface area contributed by atoms with Crippen molar-refractivity contribution < 1.29 is 17.9 Å². The van der Waals surface area contributed by atoms with Gasteiger partial charge in [-0.1, -0.05) is 109 Å². The highest BCUT2D eigenvalue weighted by Gasteiger charge is 2.32. The molecule has 2 atom stereocenters. The van der Waals surface area contributed by atoms with Crippen LogP contribution in [0.4, 0.5) is 0 Å². The van der Waals surface area contributed by atoms with E-state index in [9.17, 15) is 13.2 Å². The highest BCUT2D eigenvalue weighted by atomic mass is 32.2. The van der Waals surface area contributed by atoms with Crippen LogP contribution in [0.25, 0.3) is 0 Å². The molecule has 0 fully saturated rings. The van der Waals surface area contributed by atoms with Gasteiger partial charge in [0.05, 0.1) is 10.8 Å². The van der Waals surface area contributed by atoms with Crippen LogP contribution < -0.4 is 0 Å². The molecule has 0 amide bonds. The Labute approximate surface area is 218 Å². The summed E-state index contributed by atoms with van der Waals surface area (Å²) in [6.45, 7) is 2.03. The molecule has 0 heterocycles. The lowest BCUT2D eigenvalue weighted by atomic mass is 9.79. The summed E-state index contributed by atoms with van der Waals surface area (Å²) < 4.78 is 37.5. The fourth-order valence-corrected chi connectivity index (χ4v) is 5.25. The summed E-state index contributed by atoms with van der Waals surface area (Å²) in [6.07, 6.45) is 1.03. The van der Waals surface area contributed by atoms with Gasteiger partial charge >= 0.3 is 0 Å². The molecule has 0 aliphatic carbocycles. The lowest BCUT2D eigenvalue weighted by Crippen LogP contribution is -2.25. The van der Waals surface area contributed by atoms with Gasteiger partial charge in [0, 0.05) is 12.3 Å². The van der Waals surface area contributed by atoms with E-state index in [2.05, 4.69) is 4.40 Å². The third-order valence-electron chi connectivity index (χ3n) is 6.16. The first-order valence-corrected chi connectivity index (χ1v) is 13.5. The minimum atomic E-state index is -4.09. The van der Waals surface area contributed by atoms with Crippen LogP contribution >= 0.6 is 0 Å². The Morgan fingerprint density at radius 1 is 0.784 bits per heavy atom. The Balaban J connectivity index is 1.87. The van der Waals surface area contributed by atoms with Crippen LogP contribution in [0, 0.1) is 6.92 Å². The first-order chi connectivity index (χ1) is 18.0. The molecular formula is C31H29NO4S. The van der Waals surface area contributed by atoms with Gasteiger partial charge in [-0.2, -0.15) is 8.42 Å². The number of aryl methyl sites for hydroxylation is 1. The number of hydrogen-bond donors (Lipinski definition) is 0. The van der Waals surface area contributed by atoms with E-state index in [1.165, 1.54) is 0 Å². The molecule has 0 radical (unpaired) electrons. The van der Waals surface area contributed by atoms with Crippen molar-refractivity contribution in [1.82, 2.24) is 0 Å². The lowest BCUT2D eigenvalue weighted by Gasteiger charge is -2.28. The number of rotatable bonds is 10. The van der Waals surface area contributed by atoms with E-state index in [1.807, 2.05) is 97.9 Å². The first kappa shape index (κ1) is 26.0. The zero-order valence-electron chi connectivity index (χ0n) is 20.6. The van der Waals surface area contributed by atoms with Gasteiger partial charge in [-0.05, 0) is 35.7 Å². The highest BCUT2D eigenvalue weighted by molar-refractivity contribution is 7.90. The van der Waals surface area contributed by atoms with Gasteiger partial charge in [-0.15, -0.1) is 4.40 Å². The van der Waals surface area contributed by atoms with Crippen LogP contribution in [0.2, 0.25) is 0 Å². The molecule has 4 aromatic rings. The zero-order valence-corrected chi connectivity index (χ0v) is 21.4. The number of ether oxygens (including phenoxy) is 1. The van der Waals surface area contributed by atoms with Crippen molar-refractivity contribution in [3.8, 4) is 0 Å². The highest BCUT2D eigenvalue weighted by Crippen LogP contribution is 2.37. The Kier molecular flexibility index (Phi) is 8.64. The average molecular weight is 512 g/mol. The lowest BCUT2D eigenvalue weighted by molar-refractivity contribution is -0.108. The second-order valence-corrected chi connectivity index (χ2v) is 10.4. The number of aldehydes is 1. The van der Waals surface area contributed by atoms with Crippen molar-refractivity contribution in [2.45, 2.75) is 36.7 Å². The van der Waals surface area contributed by atoms with Gasteiger partial charge < -0.3 is 9.53 Å². The maximum atomic E-state index is 13.5. The van der Waals surface area contributed by atoms with Crippen molar-refractivity contribution in [3.05, 3.63) is 138 Å². The Morgan fingerprint density at radius 3 is 1.89 bits per heavy atom. The molecule has 0 aromatic heterocycles. The average Bonchev–Trinajstić information content (AvgIpc) is 2.93.